The van der Waals surface area contributed by atoms with Gasteiger partial charge in [0.15, 0.2) is 11.6 Å². The molecule has 5 aromatic rings. The van der Waals surface area contributed by atoms with E-state index in [1.54, 1.807) is 29.6 Å². The van der Waals surface area contributed by atoms with Crippen molar-refractivity contribution in [2.75, 3.05) is 0 Å². The third-order valence-corrected chi connectivity index (χ3v) is 13.8. The molecule has 53 heavy (non-hydrogen) atoms. The van der Waals surface area contributed by atoms with E-state index in [-0.39, 0.29) is 17.0 Å². The summed E-state index contributed by atoms with van der Waals surface area (Å²) < 4.78 is 0. The third-order valence-electron chi connectivity index (χ3n) is 11.6. The van der Waals surface area contributed by atoms with Gasteiger partial charge in [-0.05, 0) is 127 Å². The maximum absolute atomic E-state index is 14.6. The molecular weight excluding hydrogens is 685 g/mol. The molecule has 4 heteroatoms. The monoisotopic (exact) mass is 736 g/mol. The Bertz CT molecular complexity index is 2110. The molecule has 0 N–H and O–H groups in total. The van der Waals surface area contributed by atoms with E-state index in [9.17, 15) is 9.59 Å². The van der Waals surface area contributed by atoms with Crippen LogP contribution in [-0.2, 0) is 5.41 Å². The highest BCUT2D eigenvalue weighted by Crippen LogP contribution is 2.44. The Kier molecular flexibility index (Phi) is 11.2. The predicted octanol–water partition coefficient (Wildman–Crippen LogP) is 14.2. The Morgan fingerprint density at radius 1 is 0.660 bits per heavy atom. The summed E-state index contributed by atoms with van der Waals surface area (Å²) >= 11 is 3.14. The fraction of sp³-hybridized carbons (Fsp3) is 0.347. The van der Waals surface area contributed by atoms with Crippen molar-refractivity contribution in [1.29, 1.82) is 0 Å². The maximum atomic E-state index is 14.6. The van der Waals surface area contributed by atoms with Crippen LogP contribution < -0.4 is 0 Å². The lowest BCUT2D eigenvalue weighted by Gasteiger charge is -2.29. The van der Waals surface area contributed by atoms with Gasteiger partial charge in [-0.25, -0.2) is 0 Å². The molecule has 0 unspecified atom stereocenters. The molecule has 0 heterocycles. The first-order chi connectivity index (χ1) is 25.5. The fourth-order valence-electron chi connectivity index (χ4n) is 8.13. The summed E-state index contributed by atoms with van der Waals surface area (Å²) in [5, 5.41) is 0. The molecule has 0 amide bonds. The summed E-state index contributed by atoms with van der Waals surface area (Å²) in [5.74, 6) is 1.46. The second kappa shape index (κ2) is 15.9. The van der Waals surface area contributed by atoms with E-state index in [1.807, 2.05) is 25.1 Å². The Morgan fingerprint density at radius 2 is 1.28 bits per heavy atom. The molecule has 2 nitrogen and oxygen atoms in total. The lowest BCUT2D eigenvalue weighted by Crippen LogP contribution is -2.23. The molecule has 0 spiro atoms. The van der Waals surface area contributed by atoms with Crippen molar-refractivity contribution < 1.29 is 9.59 Å². The molecular formula is C49H52O2S2. The van der Waals surface area contributed by atoms with E-state index >= 15 is 0 Å². The zero-order chi connectivity index (χ0) is 37.3. The largest absolute Gasteiger partial charge is 0.289 e. The molecule has 5 aromatic carbocycles. The van der Waals surface area contributed by atoms with Crippen LogP contribution in [0.15, 0.2) is 117 Å². The zero-order valence-electron chi connectivity index (χ0n) is 32.2. The summed E-state index contributed by atoms with van der Waals surface area (Å²) in [5.41, 5.74) is 9.29. The number of carbonyl (C=O) groups excluding carboxylic acids is 2. The number of hydrogen-bond acceptors (Lipinski definition) is 4. The maximum Gasteiger partial charge on any atom is 0.196 e. The van der Waals surface area contributed by atoms with E-state index in [0.29, 0.717) is 28.2 Å². The quantitative estimate of drug-likeness (QED) is 0.131. The number of unbranched alkanes of at least 4 members (excludes halogenated alkanes) is 2. The van der Waals surface area contributed by atoms with E-state index in [0.717, 1.165) is 36.6 Å². The van der Waals surface area contributed by atoms with Gasteiger partial charge in [0, 0.05) is 41.8 Å². The highest BCUT2D eigenvalue weighted by Gasteiger charge is 2.35. The van der Waals surface area contributed by atoms with Gasteiger partial charge in [0.1, 0.15) is 0 Å². The minimum atomic E-state index is -0.0797. The summed E-state index contributed by atoms with van der Waals surface area (Å²) in [7, 11) is 0. The van der Waals surface area contributed by atoms with Crippen molar-refractivity contribution in [3.05, 3.63) is 142 Å². The van der Waals surface area contributed by atoms with Crippen LogP contribution in [-0.4, -0.2) is 11.6 Å². The van der Waals surface area contributed by atoms with Crippen LogP contribution in [0.2, 0.25) is 0 Å². The first-order valence-electron chi connectivity index (χ1n) is 19.5. The van der Waals surface area contributed by atoms with Crippen LogP contribution in [0.1, 0.15) is 139 Å². The van der Waals surface area contributed by atoms with Crippen molar-refractivity contribution in [3.8, 4) is 11.1 Å². The second-order valence-electron chi connectivity index (χ2n) is 16.2. The highest BCUT2D eigenvalue weighted by molar-refractivity contribution is 7.99. The topological polar surface area (TPSA) is 34.1 Å². The van der Waals surface area contributed by atoms with Gasteiger partial charge in [-0.1, -0.05) is 138 Å². The van der Waals surface area contributed by atoms with Gasteiger partial charge in [0.2, 0.25) is 0 Å². The highest BCUT2D eigenvalue weighted by atomic mass is 32.2. The van der Waals surface area contributed by atoms with Crippen molar-refractivity contribution in [2.24, 2.45) is 5.92 Å². The summed E-state index contributed by atoms with van der Waals surface area (Å²) in [6, 6.07) is 34.0. The van der Waals surface area contributed by atoms with Gasteiger partial charge in [-0.2, -0.15) is 0 Å². The molecule has 0 bridgehead atoms. The number of carbonyl (C=O) groups is 2. The Morgan fingerprint density at radius 3 is 1.92 bits per heavy atom. The summed E-state index contributed by atoms with van der Waals surface area (Å²) in [6.45, 7) is 13.0. The van der Waals surface area contributed by atoms with Crippen molar-refractivity contribution in [3.63, 3.8) is 0 Å². The van der Waals surface area contributed by atoms with Gasteiger partial charge < -0.3 is 0 Å². The standard InChI is InChI=1S/C49H52O2S2/c1-7-8-9-11-33-14-16-34(17-15-33)35-18-20-36(21-19-35)37-22-26-40(27-23-37)53-48-32(3)31(2)30-42-45(48)47(51)44-41(46(42)50)12-10-13-43(44)52-39-28-24-38(25-29-39)49(4,5)6/h10,12-13,18-30,33-34H,7-9,11,14-17H2,1-6H3. The van der Waals surface area contributed by atoms with E-state index in [4.69, 9.17) is 0 Å². The Labute approximate surface area is 325 Å². The predicted molar refractivity (Wildman–Crippen MR) is 223 cm³/mol. The second-order valence-corrected chi connectivity index (χ2v) is 18.4. The number of hydrogen-bond donors (Lipinski definition) is 0. The van der Waals surface area contributed by atoms with Crippen LogP contribution in [0.5, 0.6) is 0 Å². The molecule has 0 aromatic heterocycles. The van der Waals surface area contributed by atoms with E-state index < -0.39 is 0 Å². The molecule has 0 atom stereocenters. The Hall–Kier alpha value is -3.86. The molecule has 2 aliphatic rings. The van der Waals surface area contributed by atoms with Crippen LogP contribution in [0.3, 0.4) is 0 Å². The van der Waals surface area contributed by atoms with Crippen LogP contribution >= 0.6 is 23.5 Å². The molecule has 0 aliphatic heterocycles. The lowest BCUT2D eigenvalue weighted by molar-refractivity contribution is 0.0974. The minimum absolute atomic E-state index is 0.0588. The smallest absolute Gasteiger partial charge is 0.196 e. The summed E-state index contributed by atoms with van der Waals surface area (Å²) in [4.78, 5) is 32.5. The molecule has 1 fully saturated rings. The van der Waals surface area contributed by atoms with Gasteiger partial charge in [0.25, 0.3) is 0 Å². The zero-order valence-corrected chi connectivity index (χ0v) is 33.8. The van der Waals surface area contributed by atoms with Crippen molar-refractivity contribution >= 4 is 35.1 Å². The fourth-order valence-corrected chi connectivity index (χ4v) is 10.2. The number of rotatable bonds is 10. The van der Waals surface area contributed by atoms with Crippen molar-refractivity contribution in [2.45, 2.75) is 124 Å². The SMILES string of the molecule is CCCCCC1CCC(c2ccc(-c3ccc(Sc4c(C)c(C)cc5c4C(=O)c4c(Sc6ccc(C(C)(C)C)cc6)cccc4C5=O)cc3)cc2)CC1. The first kappa shape index (κ1) is 37.5. The normalized spacial score (nSPS) is 17.1. The van der Waals surface area contributed by atoms with Crippen LogP contribution in [0.4, 0.5) is 0 Å². The third kappa shape index (κ3) is 8.01. The lowest BCUT2D eigenvalue weighted by atomic mass is 9.77. The first-order valence-corrected chi connectivity index (χ1v) is 21.2. The molecule has 7 rings (SSSR count). The van der Waals surface area contributed by atoms with Gasteiger partial charge in [0.05, 0.1) is 0 Å². The van der Waals surface area contributed by atoms with Gasteiger partial charge in [-0.3, -0.25) is 9.59 Å². The average molecular weight is 737 g/mol. The molecule has 0 saturated heterocycles. The minimum Gasteiger partial charge on any atom is -0.289 e. The number of ketones is 2. The van der Waals surface area contributed by atoms with Crippen LogP contribution in [0.25, 0.3) is 11.1 Å². The number of fused-ring (bicyclic) bond motifs is 2. The van der Waals surface area contributed by atoms with Gasteiger partial charge in [-0.15, -0.1) is 0 Å². The van der Waals surface area contributed by atoms with Crippen LogP contribution in [0, 0.1) is 19.8 Å². The molecule has 1 saturated carbocycles. The average Bonchev–Trinajstić information content (AvgIpc) is 3.16. The van der Waals surface area contributed by atoms with Gasteiger partial charge >= 0.3 is 0 Å². The van der Waals surface area contributed by atoms with E-state index in [1.165, 1.54) is 73.6 Å². The Balaban J connectivity index is 1.10. The van der Waals surface area contributed by atoms with Crippen molar-refractivity contribution in [1.82, 2.24) is 0 Å². The molecule has 0 radical (unpaired) electrons. The number of benzene rings is 5. The molecule has 2 aliphatic carbocycles. The summed E-state index contributed by atoms with van der Waals surface area (Å²) in [6.07, 6.45) is 10.9. The van der Waals surface area contributed by atoms with E-state index in [2.05, 4.69) is 107 Å². The molecule has 272 valence electrons. The number of aryl methyl sites for hydroxylation is 1.